The van der Waals surface area contributed by atoms with Crippen molar-refractivity contribution in [2.24, 2.45) is 0 Å². The second-order valence-corrected chi connectivity index (χ2v) is 5.98. The molecule has 1 aromatic carbocycles. The fraction of sp³-hybridized carbons (Fsp3) is 0.312. The molecule has 1 N–H and O–H groups in total. The molecule has 0 aliphatic rings. The minimum Gasteiger partial charge on any atom is -0.481 e. The van der Waals surface area contributed by atoms with E-state index in [0.717, 1.165) is 22.4 Å². The Hall–Kier alpha value is -1.61. The first-order valence-electron chi connectivity index (χ1n) is 6.47. The highest BCUT2D eigenvalue weighted by atomic mass is 32.1. The lowest BCUT2D eigenvalue weighted by molar-refractivity contribution is -0.138. The molecule has 0 spiro atoms. The normalized spacial score (nSPS) is 12.3. The minimum atomic E-state index is -0.754. The van der Waals surface area contributed by atoms with E-state index >= 15 is 0 Å². The number of rotatable bonds is 5. The SMILES string of the molecule is CCc1ccc(CC(C(=O)O)c2ccc(C)cc2)s1. The minimum absolute atomic E-state index is 0.455. The zero-order valence-corrected chi connectivity index (χ0v) is 12.0. The van der Waals surface area contributed by atoms with Crippen LogP contribution in [0, 0.1) is 6.92 Å². The number of benzene rings is 1. The van der Waals surface area contributed by atoms with Gasteiger partial charge in [0.05, 0.1) is 5.92 Å². The summed E-state index contributed by atoms with van der Waals surface area (Å²) in [6, 6.07) is 11.9. The van der Waals surface area contributed by atoms with Gasteiger partial charge >= 0.3 is 5.97 Å². The highest BCUT2D eigenvalue weighted by Gasteiger charge is 2.20. The third kappa shape index (κ3) is 3.44. The van der Waals surface area contributed by atoms with E-state index in [9.17, 15) is 9.90 Å². The summed E-state index contributed by atoms with van der Waals surface area (Å²) in [5.41, 5.74) is 2.03. The topological polar surface area (TPSA) is 37.3 Å². The Balaban J connectivity index is 2.21. The molecule has 19 heavy (non-hydrogen) atoms. The molecule has 2 aromatic rings. The molecule has 0 saturated heterocycles. The van der Waals surface area contributed by atoms with Crippen molar-refractivity contribution >= 4 is 17.3 Å². The summed E-state index contributed by atoms with van der Waals surface area (Å²) in [5, 5.41) is 9.43. The Labute approximate surface area is 117 Å². The molecular weight excluding hydrogens is 256 g/mol. The van der Waals surface area contributed by atoms with Gasteiger partial charge in [0, 0.05) is 9.75 Å². The van der Waals surface area contributed by atoms with Gasteiger partial charge in [0.15, 0.2) is 0 Å². The smallest absolute Gasteiger partial charge is 0.311 e. The van der Waals surface area contributed by atoms with E-state index < -0.39 is 11.9 Å². The van der Waals surface area contributed by atoms with Crippen LogP contribution in [0.2, 0.25) is 0 Å². The van der Waals surface area contributed by atoms with Crippen LogP contribution in [-0.2, 0) is 17.6 Å². The molecule has 3 heteroatoms. The van der Waals surface area contributed by atoms with Crippen molar-refractivity contribution in [3.63, 3.8) is 0 Å². The first kappa shape index (κ1) is 13.8. The number of aryl methyl sites for hydroxylation is 2. The molecule has 0 aliphatic carbocycles. The monoisotopic (exact) mass is 274 g/mol. The molecule has 1 unspecified atom stereocenters. The lowest BCUT2D eigenvalue weighted by Gasteiger charge is -2.12. The summed E-state index contributed by atoms with van der Waals surface area (Å²) in [6.45, 7) is 4.12. The molecule has 2 rings (SSSR count). The molecular formula is C16H18O2S. The average molecular weight is 274 g/mol. The fourth-order valence-electron chi connectivity index (χ4n) is 2.07. The molecule has 1 heterocycles. The Morgan fingerprint density at radius 2 is 1.79 bits per heavy atom. The van der Waals surface area contributed by atoms with Crippen LogP contribution >= 0.6 is 11.3 Å². The van der Waals surface area contributed by atoms with Crippen LogP contribution in [-0.4, -0.2) is 11.1 Å². The van der Waals surface area contributed by atoms with Gasteiger partial charge in [-0.25, -0.2) is 0 Å². The van der Waals surface area contributed by atoms with Crippen molar-refractivity contribution in [2.45, 2.75) is 32.6 Å². The van der Waals surface area contributed by atoms with E-state index in [1.807, 2.05) is 37.3 Å². The van der Waals surface area contributed by atoms with Crippen molar-refractivity contribution in [3.8, 4) is 0 Å². The molecule has 1 aromatic heterocycles. The zero-order chi connectivity index (χ0) is 13.8. The second-order valence-electron chi connectivity index (χ2n) is 4.73. The third-order valence-corrected chi connectivity index (χ3v) is 4.50. The van der Waals surface area contributed by atoms with Gasteiger partial charge in [-0.05, 0) is 37.5 Å². The maximum absolute atomic E-state index is 11.5. The molecule has 0 fully saturated rings. The molecule has 0 saturated carbocycles. The van der Waals surface area contributed by atoms with Crippen LogP contribution in [0.15, 0.2) is 36.4 Å². The van der Waals surface area contributed by atoms with Crippen LogP contribution in [0.5, 0.6) is 0 Å². The first-order valence-corrected chi connectivity index (χ1v) is 7.28. The Bertz CT molecular complexity index is 554. The predicted octanol–water partition coefficient (Wildman–Crippen LogP) is 4.03. The van der Waals surface area contributed by atoms with Crippen molar-refractivity contribution in [2.75, 3.05) is 0 Å². The van der Waals surface area contributed by atoms with Gasteiger partial charge in [-0.1, -0.05) is 36.8 Å². The quantitative estimate of drug-likeness (QED) is 0.893. The van der Waals surface area contributed by atoms with Crippen molar-refractivity contribution in [3.05, 3.63) is 57.3 Å². The Morgan fingerprint density at radius 3 is 2.32 bits per heavy atom. The fourth-order valence-corrected chi connectivity index (χ4v) is 3.07. The highest BCUT2D eigenvalue weighted by Crippen LogP contribution is 2.26. The number of thiophene rings is 1. The maximum atomic E-state index is 11.5. The van der Waals surface area contributed by atoms with Crippen molar-refractivity contribution in [1.29, 1.82) is 0 Å². The zero-order valence-electron chi connectivity index (χ0n) is 11.2. The number of carboxylic acids is 1. The van der Waals surface area contributed by atoms with Gasteiger partial charge in [-0.2, -0.15) is 0 Å². The van der Waals surface area contributed by atoms with Crippen molar-refractivity contribution < 1.29 is 9.90 Å². The summed E-state index contributed by atoms with van der Waals surface area (Å²) in [4.78, 5) is 13.9. The van der Waals surface area contributed by atoms with Crippen LogP contribution < -0.4 is 0 Å². The van der Waals surface area contributed by atoms with E-state index in [-0.39, 0.29) is 0 Å². The highest BCUT2D eigenvalue weighted by molar-refractivity contribution is 7.12. The summed E-state index contributed by atoms with van der Waals surface area (Å²) >= 11 is 1.71. The van der Waals surface area contributed by atoms with Crippen LogP contribution in [0.25, 0.3) is 0 Å². The van der Waals surface area contributed by atoms with Gasteiger partial charge in [0.2, 0.25) is 0 Å². The van der Waals surface area contributed by atoms with Crippen LogP contribution in [0.4, 0.5) is 0 Å². The van der Waals surface area contributed by atoms with Gasteiger partial charge in [-0.3, -0.25) is 4.79 Å². The number of aliphatic carboxylic acids is 1. The van der Waals surface area contributed by atoms with Gasteiger partial charge in [0.25, 0.3) is 0 Å². The van der Waals surface area contributed by atoms with E-state index in [1.54, 1.807) is 11.3 Å². The van der Waals surface area contributed by atoms with E-state index in [2.05, 4.69) is 13.0 Å². The number of carboxylic acid groups (broad SMARTS) is 1. The molecule has 0 aliphatic heterocycles. The maximum Gasteiger partial charge on any atom is 0.311 e. The van der Waals surface area contributed by atoms with Crippen LogP contribution in [0.1, 0.15) is 33.7 Å². The molecule has 0 radical (unpaired) electrons. The Morgan fingerprint density at radius 1 is 1.16 bits per heavy atom. The lowest BCUT2D eigenvalue weighted by Crippen LogP contribution is -2.13. The Kier molecular flexibility index (Phi) is 4.38. The second kappa shape index (κ2) is 6.02. The lowest BCUT2D eigenvalue weighted by atomic mass is 9.94. The largest absolute Gasteiger partial charge is 0.481 e. The predicted molar refractivity (Wildman–Crippen MR) is 79.0 cm³/mol. The molecule has 0 bridgehead atoms. The summed E-state index contributed by atoms with van der Waals surface area (Å²) in [6.07, 6.45) is 1.58. The summed E-state index contributed by atoms with van der Waals surface area (Å²) < 4.78 is 0. The molecule has 0 amide bonds. The number of carbonyl (C=O) groups is 1. The third-order valence-electron chi connectivity index (χ3n) is 3.25. The van der Waals surface area contributed by atoms with Crippen LogP contribution in [0.3, 0.4) is 0 Å². The van der Waals surface area contributed by atoms with E-state index in [1.165, 1.54) is 4.88 Å². The van der Waals surface area contributed by atoms with E-state index in [0.29, 0.717) is 6.42 Å². The number of hydrogen-bond acceptors (Lipinski definition) is 2. The van der Waals surface area contributed by atoms with Gasteiger partial charge < -0.3 is 5.11 Å². The van der Waals surface area contributed by atoms with Gasteiger partial charge in [-0.15, -0.1) is 11.3 Å². The standard InChI is InChI=1S/C16H18O2S/c1-3-13-8-9-14(19-13)10-15(16(17)18)12-6-4-11(2)5-7-12/h4-9,15H,3,10H2,1-2H3,(H,17,18). The average Bonchev–Trinajstić information content (AvgIpc) is 2.85. The number of hydrogen-bond donors (Lipinski definition) is 1. The van der Waals surface area contributed by atoms with E-state index in [4.69, 9.17) is 0 Å². The summed E-state index contributed by atoms with van der Waals surface area (Å²) in [5.74, 6) is -1.21. The molecule has 100 valence electrons. The van der Waals surface area contributed by atoms with Crippen molar-refractivity contribution in [1.82, 2.24) is 0 Å². The molecule has 2 nitrogen and oxygen atoms in total. The van der Waals surface area contributed by atoms with Gasteiger partial charge in [0.1, 0.15) is 0 Å². The first-order chi connectivity index (χ1) is 9.10. The molecule has 1 atom stereocenters. The summed E-state index contributed by atoms with van der Waals surface area (Å²) in [7, 11) is 0.